The quantitative estimate of drug-likeness (QED) is 0.847. The number of methoxy groups -OCH3 is 2. The van der Waals surface area contributed by atoms with Crippen LogP contribution in [0.3, 0.4) is 0 Å². The van der Waals surface area contributed by atoms with Crippen molar-refractivity contribution in [1.29, 1.82) is 5.26 Å². The molecule has 108 valence electrons. The lowest BCUT2D eigenvalue weighted by Gasteiger charge is -2.39. The minimum Gasteiger partial charge on any atom is -0.497 e. The Bertz CT molecular complexity index is 504. The maximum atomic E-state index is 9.76. The average molecular weight is 274 g/mol. The number of ether oxygens (including phenoxy) is 2. The molecule has 1 fully saturated rings. The van der Waals surface area contributed by atoms with Gasteiger partial charge >= 0.3 is 0 Å². The standard InChI is InChI=1S/C16H22N2O2/c1-16(12-17,18-9-5-4-6-10-18)14-8-7-13(19-2)11-15(14)20-3/h7-8,11H,4-6,9-10H2,1-3H3. The van der Waals surface area contributed by atoms with E-state index >= 15 is 0 Å². The van der Waals surface area contributed by atoms with Gasteiger partial charge in [0.25, 0.3) is 0 Å². The van der Waals surface area contributed by atoms with Crippen LogP contribution in [-0.4, -0.2) is 32.2 Å². The molecule has 2 rings (SSSR count). The van der Waals surface area contributed by atoms with Crippen LogP contribution in [-0.2, 0) is 5.54 Å². The number of hydrogen-bond acceptors (Lipinski definition) is 4. The van der Waals surface area contributed by atoms with Gasteiger partial charge in [0.15, 0.2) is 0 Å². The van der Waals surface area contributed by atoms with Crippen LogP contribution in [0.1, 0.15) is 31.7 Å². The summed E-state index contributed by atoms with van der Waals surface area (Å²) in [6.07, 6.45) is 3.54. The summed E-state index contributed by atoms with van der Waals surface area (Å²) in [5.41, 5.74) is 0.253. The fourth-order valence-corrected chi connectivity index (χ4v) is 2.84. The summed E-state index contributed by atoms with van der Waals surface area (Å²) in [4.78, 5) is 2.25. The molecular formula is C16H22N2O2. The number of nitrogens with zero attached hydrogens (tertiary/aromatic N) is 2. The Balaban J connectivity index is 2.42. The third kappa shape index (κ3) is 2.59. The third-order valence-electron chi connectivity index (χ3n) is 4.14. The van der Waals surface area contributed by atoms with E-state index in [1.165, 1.54) is 6.42 Å². The van der Waals surface area contributed by atoms with Crippen molar-refractivity contribution in [2.24, 2.45) is 0 Å². The Morgan fingerprint density at radius 1 is 1.15 bits per heavy atom. The van der Waals surface area contributed by atoms with Gasteiger partial charge in [0.05, 0.1) is 20.3 Å². The first-order chi connectivity index (χ1) is 9.65. The van der Waals surface area contributed by atoms with Crippen molar-refractivity contribution in [3.05, 3.63) is 23.8 Å². The molecule has 1 heterocycles. The van der Waals surface area contributed by atoms with E-state index in [2.05, 4.69) is 11.0 Å². The van der Waals surface area contributed by atoms with Gasteiger partial charge in [-0.2, -0.15) is 5.26 Å². The van der Waals surface area contributed by atoms with Crippen molar-refractivity contribution >= 4 is 0 Å². The van der Waals surface area contributed by atoms with E-state index in [0.29, 0.717) is 5.75 Å². The Morgan fingerprint density at radius 2 is 1.85 bits per heavy atom. The highest BCUT2D eigenvalue weighted by Crippen LogP contribution is 2.37. The molecule has 1 aliphatic rings. The van der Waals surface area contributed by atoms with E-state index in [0.717, 1.165) is 37.2 Å². The molecular weight excluding hydrogens is 252 g/mol. The number of likely N-dealkylation sites (tertiary alicyclic amines) is 1. The summed E-state index contributed by atoms with van der Waals surface area (Å²) >= 11 is 0. The maximum Gasteiger partial charge on any atom is 0.135 e. The first-order valence-electron chi connectivity index (χ1n) is 7.04. The molecule has 1 aromatic rings. The molecule has 1 unspecified atom stereocenters. The zero-order valence-corrected chi connectivity index (χ0v) is 12.5. The minimum absolute atomic E-state index is 0.655. The van der Waals surface area contributed by atoms with Crippen molar-refractivity contribution in [3.63, 3.8) is 0 Å². The minimum atomic E-state index is -0.655. The van der Waals surface area contributed by atoms with Gasteiger partial charge in [-0.05, 0) is 45.0 Å². The summed E-state index contributed by atoms with van der Waals surface area (Å²) in [6.45, 7) is 3.89. The van der Waals surface area contributed by atoms with E-state index in [-0.39, 0.29) is 0 Å². The lowest BCUT2D eigenvalue weighted by atomic mass is 9.88. The van der Waals surface area contributed by atoms with Crippen molar-refractivity contribution in [2.45, 2.75) is 31.7 Å². The van der Waals surface area contributed by atoms with Crippen molar-refractivity contribution in [1.82, 2.24) is 4.90 Å². The molecule has 1 atom stereocenters. The average Bonchev–Trinajstić information content (AvgIpc) is 2.54. The van der Waals surface area contributed by atoms with Crippen LogP contribution in [0.2, 0.25) is 0 Å². The second kappa shape index (κ2) is 6.15. The molecule has 0 radical (unpaired) electrons. The smallest absolute Gasteiger partial charge is 0.135 e. The van der Waals surface area contributed by atoms with Gasteiger partial charge in [-0.25, -0.2) is 0 Å². The van der Waals surface area contributed by atoms with Crippen LogP contribution in [0.15, 0.2) is 18.2 Å². The third-order valence-corrected chi connectivity index (χ3v) is 4.14. The van der Waals surface area contributed by atoms with E-state index < -0.39 is 5.54 Å². The van der Waals surface area contributed by atoms with E-state index in [1.54, 1.807) is 14.2 Å². The van der Waals surface area contributed by atoms with Crippen LogP contribution < -0.4 is 9.47 Å². The van der Waals surface area contributed by atoms with Crippen LogP contribution in [0.4, 0.5) is 0 Å². The molecule has 0 aliphatic carbocycles. The topological polar surface area (TPSA) is 45.5 Å². The summed E-state index contributed by atoms with van der Waals surface area (Å²) in [5, 5.41) is 9.76. The monoisotopic (exact) mass is 274 g/mol. The Kier molecular flexibility index (Phi) is 4.51. The highest BCUT2D eigenvalue weighted by Gasteiger charge is 2.37. The molecule has 1 aromatic carbocycles. The van der Waals surface area contributed by atoms with E-state index in [9.17, 15) is 5.26 Å². The zero-order valence-electron chi connectivity index (χ0n) is 12.5. The van der Waals surface area contributed by atoms with Crippen molar-refractivity contribution in [2.75, 3.05) is 27.3 Å². The second-order valence-corrected chi connectivity index (χ2v) is 5.30. The molecule has 1 saturated heterocycles. The fourth-order valence-electron chi connectivity index (χ4n) is 2.84. The number of piperidine rings is 1. The molecule has 0 bridgehead atoms. The highest BCUT2D eigenvalue weighted by molar-refractivity contribution is 5.47. The summed E-state index contributed by atoms with van der Waals surface area (Å²) in [5.74, 6) is 1.45. The molecule has 0 N–H and O–H groups in total. The van der Waals surface area contributed by atoms with Gasteiger partial charge < -0.3 is 9.47 Å². The number of rotatable bonds is 4. The number of nitriles is 1. The zero-order chi connectivity index (χ0) is 14.6. The van der Waals surface area contributed by atoms with Crippen molar-refractivity contribution in [3.8, 4) is 17.6 Å². The SMILES string of the molecule is COc1ccc(C(C)(C#N)N2CCCCC2)c(OC)c1. The van der Waals surface area contributed by atoms with E-state index in [1.807, 2.05) is 25.1 Å². The molecule has 0 aromatic heterocycles. The van der Waals surface area contributed by atoms with Crippen LogP contribution in [0.25, 0.3) is 0 Å². The van der Waals surface area contributed by atoms with Gasteiger partial charge in [0, 0.05) is 11.6 Å². The summed E-state index contributed by atoms with van der Waals surface area (Å²) in [6, 6.07) is 8.15. The lowest BCUT2D eigenvalue weighted by Crippen LogP contribution is -2.45. The molecule has 0 amide bonds. The maximum absolute atomic E-state index is 9.76. The summed E-state index contributed by atoms with van der Waals surface area (Å²) < 4.78 is 10.7. The largest absolute Gasteiger partial charge is 0.497 e. The fraction of sp³-hybridized carbons (Fsp3) is 0.562. The van der Waals surface area contributed by atoms with Gasteiger partial charge in [-0.3, -0.25) is 4.90 Å². The predicted octanol–water partition coefficient (Wildman–Crippen LogP) is 2.93. The molecule has 20 heavy (non-hydrogen) atoms. The highest BCUT2D eigenvalue weighted by atomic mass is 16.5. The Labute approximate surface area is 120 Å². The van der Waals surface area contributed by atoms with Gasteiger partial charge in [0.2, 0.25) is 0 Å². The summed E-state index contributed by atoms with van der Waals surface area (Å²) in [7, 11) is 3.26. The molecule has 0 spiro atoms. The molecule has 0 saturated carbocycles. The second-order valence-electron chi connectivity index (χ2n) is 5.30. The number of hydrogen-bond donors (Lipinski definition) is 0. The van der Waals surface area contributed by atoms with Gasteiger partial charge in [0.1, 0.15) is 17.0 Å². The van der Waals surface area contributed by atoms with Crippen LogP contribution in [0.5, 0.6) is 11.5 Å². The van der Waals surface area contributed by atoms with Gasteiger partial charge in [-0.15, -0.1) is 0 Å². The van der Waals surface area contributed by atoms with Crippen LogP contribution in [0, 0.1) is 11.3 Å². The lowest BCUT2D eigenvalue weighted by molar-refractivity contribution is 0.121. The van der Waals surface area contributed by atoms with Crippen molar-refractivity contribution < 1.29 is 9.47 Å². The van der Waals surface area contributed by atoms with E-state index in [4.69, 9.17) is 9.47 Å². The Hall–Kier alpha value is -1.73. The first-order valence-corrected chi connectivity index (χ1v) is 7.04. The first kappa shape index (κ1) is 14.7. The normalized spacial score (nSPS) is 18.9. The molecule has 4 heteroatoms. The number of benzene rings is 1. The predicted molar refractivity (Wildman–Crippen MR) is 77.9 cm³/mol. The van der Waals surface area contributed by atoms with Crippen LogP contribution >= 0.6 is 0 Å². The molecule has 4 nitrogen and oxygen atoms in total. The van der Waals surface area contributed by atoms with Gasteiger partial charge in [-0.1, -0.05) is 6.42 Å². The Morgan fingerprint density at radius 3 is 2.40 bits per heavy atom. The molecule has 1 aliphatic heterocycles.